The van der Waals surface area contributed by atoms with Crippen LogP contribution in [0, 0.1) is 0 Å². The van der Waals surface area contributed by atoms with Crippen LogP contribution in [0.15, 0.2) is 24.3 Å². The second-order valence-electron chi connectivity index (χ2n) is 4.51. The van der Waals surface area contributed by atoms with Gasteiger partial charge >= 0.3 is 0 Å². The molecule has 0 saturated carbocycles. The Bertz CT molecular complexity index is 389. The normalized spacial score (nSPS) is 20.6. The van der Waals surface area contributed by atoms with Crippen molar-refractivity contribution in [3.63, 3.8) is 0 Å². The zero-order chi connectivity index (χ0) is 12.3. The van der Waals surface area contributed by atoms with Crippen molar-refractivity contribution in [3.05, 3.63) is 35.4 Å². The molecule has 1 aliphatic rings. The van der Waals surface area contributed by atoms with E-state index in [4.69, 9.17) is 5.73 Å². The first-order chi connectivity index (χ1) is 8.20. The van der Waals surface area contributed by atoms with Crippen molar-refractivity contribution in [1.82, 2.24) is 4.90 Å². The van der Waals surface area contributed by atoms with Crippen molar-refractivity contribution in [2.45, 2.75) is 25.4 Å². The van der Waals surface area contributed by atoms with Gasteiger partial charge in [-0.25, -0.2) is 0 Å². The molecule has 0 unspecified atom stereocenters. The summed E-state index contributed by atoms with van der Waals surface area (Å²) in [5, 5.41) is 9.23. The number of likely N-dealkylation sites (tertiary alicyclic amines) is 1. The molecule has 92 valence electrons. The zero-order valence-corrected chi connectivity index (χ0v) is 9.80. The van der Waals surface area contributed by atoms with Gasteiger partial charge < -0.3 is 10.8 Å². The second kappa shape index (κ2) is 5.29. The molecule has 3 N–H and O–H groups in total. The Kier molecular flexibility index (Phi) is 3.76. The summed E-state index contributed by atoms with van der Waals surface area (Å²) < 4.78 is 0. The number of primary amides is 1. The van der Waals surface area contributed by atoms with Gasteiger partial charge in [0, 0.05) is 18.2 Å². The number of hydrogen-bond acceptors (Lipinski definition) is 3. The maximum absolute atomic E-state index is 10.9. The summed E-state index contributed by atoms with van der Waals surface area (Å²) in [4.78, 5) is 13.2. The fraction of sp³-hybridized carbons (Fsp3) is 0.462. The van der Waals surface area contributed by atoms with Crippen LogP contribution in [0.5, 0.6) is 0 Å². The minimum absolute atomic E-state index is 0.222. The smallest absolute Gasteiger partial charge is 0.248 e. The van der Waals surface area contributed by atoms with Gasteiger partial charge in [0.2, 0.25) is 5.91 Å². The number of aliphatic hydroxyl groups is 1. The van der Waals surface area contributed by atoms with Crippen LogP contribution in [-0.4, -0.2) is 35.1 Å². The molecule has 1 aromatic rings. The van der Waals surface area contributed by atoms with E-state index in [0.717, 1.165) is 31.5 Å². The van der Waals surface area contributed by atoms with Gasteiger partial charge in [-0.2, -0.15) is 0 Å². The van der Waals surface area contributed by atoms with E-state index < -0.39 is 5.91 Å². The summed E-state index contributed by atoms with van der Waals surface area (Å²) in [6.45, 7) is 2.08. The molecule has 0 radical (unpaired) electrons. The molecule has 17 heavy (non-hydrogen) atoms. The predicted octanol–water partition coefficient (Wildman–Crippen LogP) is 0.742. The lowest BCUT2D eigenvalue weighted by atomic mass is 10.1. The van der Waals surface area contributed by atoms with E-state index in [2.05, 4.69) is 4.90 Å². The van der Waals surface area contributed by atoms with Crippen LogP contribution in [0.1, 0.15) is 28.8 Å². The predicted molar refractivity (Wildman–Crippen MR) is 65.5 cm³/mol. The highest BCUT2D eigenvalue weighted by Crippen LogP contribution is 2.19. The van der Waals surface area contributed by atoms with Crippen LogP contribution in [0.2, 0.25) is 0 Å². The van der Waals surface area contributed by atoms with Crippen molar-refractivity contribution >= 4 is 5.91 Å². The molecule has 2 rings (SSSR count). The third-order valence-corrected chi connectivity index (χ3v) is 3.33. The van der Waals surface area contributed by atoms with E-state index in [9.17, 15) is 9.90 Å². The number of benzene rings is 1. The standard InChI is InChI=1S/C13H18N2O2/c14-13(17)11-5-3-10(4-6-11)8-15-7-1-2-12(15)9-16/h3-6,12,16H,1-2,7-9H2,(H2,14,17)/t12-/m1/s1. The van der Waals surface area contributed by atoms with Gasteiger partial charge in [-0.15, -0.1) is 0 Å². The van der Waals surface area contributed by atoms with E-state index in [0.29, 0.717) is 5.56 Å². The summed E-state index contributed by atoms with van der Waals surface area (Å²) in [5.74, 6) is -0.397. The first-order valence-electron chi connectivity index (χ1n) is 5.94. The van der Waals surface area contributed by atoms with Crippen LogP contribution < -0.4 is 5.73 Å². The summed E-state index contributed by atoms with van der Waals surface area (Å²) in [5.41, 5.74) is 6.87. The Labute approximate surface area is 101 Å². The Morgan fingerprint density at radius 3 is 2.71 bits per heavy atom. The first-order valence-corrected chi connectivity index (χ1v) is 5.94. The Morgan fingerprint density at radius 2 is 2.12 bits per heavy atom. The number of carbonyl (C=O) groups excluding carboxylic acids is 1. The Balaban J connectivity index is 2.01. The highest BCUT2D eigenvalue weighted by molar-refractivity contribution is 5.92. The largest absolute Gasteiger partial charge is 0.395 e. The third kappa shape index (κ3) is 2.84. The highest BCUT2D eigenvalue weighted by Gasteiger charge is 2.23. The van der Waals surface area contributed by atoms with Gasteiger partial charge in [0.1, 0.15) is 0 Å². The van der Waals surface area contributed by atoms with Crippen LogP contribution in [0.25, 0.3) is 0 Å². The van der Waals surface area contributed by atoms with Crippen LogP contribution in [0.3, 0.4) is 0 Å². The molecule has 4 nitrogen and oxygen atoms in total. The van der Waals surface area contributed by atoms with Gasteiger partial charge in [-0.1, -0.05) is 12.1 Å². The number of aliphatic hydroxyl groups excluding tert-OH is 1. The summed E-state index contributed by atoms with van der Waals surface area (Å²) in [6, 6.07) is 7.63. The molecule has 0 spiro atoms. The van der Waals surface area contributed by atoms with Gasteiger partial charge in [-0.3, -0.25) is 9.69 Å². The lowest BCUT2D eigenvalue weighted by molar-refractivity contribution is 0.100. The van der Waals surface area contributed by atoms with Gasteiger partial charge in [0.25, 0.3) is 0 Å². The monoisotopic (exact) mass is 234 g/mol. The fourth-order valence-corrected chi connectivity index (χ4v) is 2.32. The van der Waals surface area contributed by atoms with Crippen molar-refractivity contribution in [1.29, 1.82) is 0 Å². The molecule has 1 aromatic carbocycles. The zero-order valence-electron chi connectivity index (χ0n) is 9.80. The molecule has 4 heteroatoms. The minimum Gasteiger partial charge on any atom is -0.395 e. The van der Waals surface area contributed by atoms with Crippen LogP contribution >= 0.6 is 0 Å². The van der Waals surface area contributed by atoms with Gasteiger partial charge in [0.15, 0.2) is 0 Å². The van der Waals surface area contributed by atoms with Crippen molar-refractivity contribution in [3.8, 4) is 0 Å². The van der Waals surface area contributed by atoms with Crippen LogP contribution in [-0.2, 0) is 6.54 Å². The average molecular weight is 234 g/mol. The maximum atomic E-state index is 10.9. The first kappa shape index (κ1) is 12.1. The molecular weight excluding hydrogens is 216 g/mol. The van der Waals surface area contributed by atoms with Crippen molar-refractivity contribution < 1.29 is 9.90 Å². The SMILES string of the molecule is NC(=O)c1ccc(CN2CCC[C@@H]2CO)cc1. The third-order valence-electron chi connectivity index (χ3n) is 3.33. The number of carbonyl (C=O) groups is 1. The molecule has 0 aliphatic carbocycles. The van der Waals surface area contributed by atoms with Gasteiger partial charge in [-0.05, 0) is 37.1 Å². The van der Waals surface area contributed by atoms with Crippen molar-refractivity contribution in [2.24, 2.45) is 5.73 Å². The molecule has 1 atom stereocenters. The molecule has 1 saturated heterocycles. The number of rotatable bonds is 4. The van der Waals surface area contributed by atoms with E-state index in [1.165, 1.54) is 0 Å². The Morgan fingerprint density at radius 1 is 1.41 bits per heavy atom. The topological polar surface area (TPSA) is 66.6 Å². The Hall–Kier alpha value is -1.39. The van der Waals surface area contributed by atoms with Crippen molar-refractivity contribution in [2.75, 3.05) is 13.2 Å². The summed E-state index contributed by atoms with van der Waals surface area (Å²) in [7, 11) is 0. The fourth-order valence-electron chi connectivity index (χ4n) is 2.32. The lowest BCUT2D eigenvalue weighted by Crippen LogP contribution is -2.31. The van der Waals surface area contributed by atoms with E-state index in [1.807, 2.05) is 12.1 Å². The molecule has 1 fully saturated rings. The molecule has 1 amide bonds. The average Bonchev–Trinajstić information content (AvgIpc) is 2.77. The minimum atomic E-state index is -0.397. The number of hydrogen-bond donors (Lipinski definition) is 2. The molecule has 0 bridgehead atoms. The van der Waals surface area contributed by atoms with Crippen LogP contribution in [0.4, 0.5) is 0 Å². The molecule has 1 heterocycles. The number of nitrogens with zero attached hydrogens (tertiary/aromatic N) is 1. The summed E-state index contributed by atoms with van der Waals surface area (Å²) >= 11 is 0. The summed E-state index contributed by atoms with van der Waals surface area (Å²) in [6.07, 6.45) is 2.21. The van der Waals surface area contributed by atoms with E-state index >= 15 is 0 Å². The lowest BCUT2D eigenvalue weighted by Gasteiger charge is -2.22. The molecule has 1 aliphatic heterocycles. The second-order valence-corrected chi connectivity index (χ2v) is 4.51. The number of nitrogens with two attached hydrogens (primary N) is 1. The van der Waals surface area contributed by atoms with E-state index in [1.54, 1.807) is 12.1 Å². The molecule has 0 aromatic heterocycles. The number of amides is 1. The highest BCUT2D eigenvalue weighted by atomic mass is 16.3. The van der Waals surface area contributed by atoms with Gasteiger partial charge in [0.05, 0.1) is 6.61 Å². The maximum Gasteiger partial charge on any atom is 0.248 e. The van der Waals surface area contributed by atoms with E-state index in [-0.39, 0.29) is 12.6 Å². The molecular formula is C13H18N2O2. The quantitative estimate of drug-likeness (QED) is 0.807.